The van der Waals surface area contributed by atoms with E-state index in [1.807, 2.05) is 0 Å². The van der Waals surface area contributed by atoms with Crippen LogP contribution in [0.4, 0.5) is 0 Å². The Morgan fingerprint density at radius 2 is 1.86 bits per heavy atom. The van der Waals surface area contributed by atoms with Gasteiger partial charge in [0.25, 0.3) is 0 Å². The molecular formula is C16H14O6. The van der Waals surface area contributed by atoms with Crippen molar-refractivity contribution in [2.45, 2.75) is 13.5 Å². The lowest BCUT2D eigenvalue weighted by atomic mass is 10.1. The second-order valence-electron chi connectivity index (χ2n) is 4.47. The van der Waals surface area contributed by atoms with Crippen molar-refractivity contribution in [2.75, 3.05) is 0 Å². The number of ether oxygens (including phenoxy) is 2. The molecule has 0 heterocycles. The molecule has 0 unspecified atom stereocenters. The van der Waals surface area contributed by atoms with Crippen molar-refractivity contribution in [1.29, 1.82) is 0 Å². The molecule has 2 rings (SSSR count). The zero-order valence-corrected chi connectivity index (χ0v) is 11.8. The predicted octanol–water partition coefficient (Wildman–Crippen LogP) is 2.59. The average Bonchev–Trinajstić information content (AvgIpc) is 2.47. The van der Waals surface area contributed by atoms with Crippen LogP contribution in [0.5, 0.6) is 17.2 Å². The molecule has 0 amide bonds. The highest BCUT2D eigenvalue weighted by molar-refractivity contribution is 5.89. The van der Waals surface area contributed by atoms with Crippen molar-refractivity contribution in [2.24, 2.45) is 0 Å². The van der Waals surface area contributed by atoms with Crippen LogP contribution in [0.15, 0.2) is 42.5 Å². The topological polar surface area (TPSA) is 93.1 Å². The van der Waals surface area contributed by atoms with Crippen molar-refractivity contribution in [3.05, 3.63) is 53.6 Å². The number of aromatic carboxylic acids is 1. The molecule has 0 aliphatic carbocycles. The predicted molar refractivity (Wildman–Crippen MR) is 77.1 cm³/mol. The van der Waals surface area contributed by atoms with Crippen molar-refractivity contribution in [1.82, 2.24) is 0 Å². The highest BCUT2D eigenvalue weighted by Crippen LogP contribution is 2.30. The van der Waals surface area contributed by atoms with Crippen molar-refractivity contribution in [3.63, 3.8) is 0 Å². The van der Waals surface area contributed by atoms with Gasteiger partial charge < -0.3 is 19.7 Å². The number of hydrogen-bond donors (Lipinski definition) is 2. The van der Waals surface area contributed by atoms with Gasteiger partial charge in [-0.25, -0.2) is 4.79 Å². The van der Waals surface area contributed by atoms with Crippen LogP contribution in [0.25, 0.3) is 0 Å². The minimum absolute atomic E-state index is 0.0331. The Hall–Kier alpha value is -3.02. The van der Waals surface area contributed by atoms with E-state index in [-0.39, 0.29) is 23.7 Å². The maximum Gasteiger partial charge on any atom is 0.336 e. The van der Waals surface area contributed by atoms with Crippen LogP contribution >= 0.6 is 0 Å². The van der Waals surface area contributed by atoms with E-state index in [1.54, 1.807) is 18.2 Å². The molecule has 2 aromatic carbocycles. The first-order valence-electron chi connectivity index (χ1n) is 6.43. The van der Waals surface area contributed by atoms with Gasteiger partial charge in [0.15, 0.2) is 11.5 Å². The number of esters is 1. The molecule has 0 radical (unpaired) electrons. The molecule has 2 aromatic rings. The summed E-state index contributed by atoms with van der Waals surface area (Å²) in [4.78, 5) is 21.9. The fourth-order valence-corrected chi connectivity index (χ4v) is 1.84. The lowest BCUT2D eigenvalue weighted by Crippen LogP contribution is -2.05. The first-order chi connectivity index (χ1) is 10.5. The van der Waals surface area contributed by atoms with Crippen LogP contribution < -0.4 is 9.47 Å². The summed E-state index contributed by atoms with van der Waals surface area (Å²) in [5.74, 6) is -1.45. The zero-order chi connectivity index (χ0) is 16.1. The first kappa shape index (κ1) is 15.4. The quantitative estimate of drug-likeness (QED) is 0.651. The second kappa shape index (κ2) is 6.62. The fourth-order valence-electron chi connectivity index (χ4n) is 1.84. The second-order valence-corrected chi connectivity index (χ2v) is 4.47. The van der Waals surface area contributed by atoms with E-state index in [1.165, 1.54) is 31.2 Å². The maximum absolute atomic E-state index is 11.1. The van der Waals surface area contributed by atoms with Crippen LogP contribution in [0, 0.1) is 0 Å². The normalized spacial score (nSPS) is 10.0. The van der Waals surface area contributed by atoms with Gasteiger partial charge in [0.2, 0.25) is 0 Å². The lowest BCUT2D eigenvalue weighted by Gasteiger charge is -2.10. The molecule has 0 aliphatic heterocycles. The summed E-state index contributed by atoms with van der Waals surface area (Å²) < 4.78 is 10.3. The van der Waals surface area contributed by atoms with Crippen molar-refractivity contribution >= 4 is 11.9 Å². The highest BCUT2D eigenvalue weighted by Gasteiger charge is 2.11. The molecule has 6 heteroatoms. The molecule has 0 bridgehead atoms. The number of carboxylic acid groups (broad SMARTS) is 1. The summed E-state index contributed by atoms with van der Waals surface area (Å²) in [6.45, 7) is 1.27. The van der Waals surface area contributed by atoms with Crippen LogP contribution in [-0.4, -0.2) is 22.2 Å². The third-order valence-corrected chi connectivity index (χ3v) is 2.83. The van der Waals surface area contributed by atoms with E-state index in [0.717, 1.165) is 0 Å². The molecule has 0 aromatic heterocycles. The molecule has 0 saturated heterocycles. The highest BCUT2D eigenvalue weighted by atomic mass is 16.5. The number of rotatable bonds is 5. The molecule has 0 atom stereocenters. The molecule has 6 nitrogen and oxygen atoms in total. The van der Waals surface area contributed by atoms with Crippen molar-refractivity contribution < 1.29 is 29.3 Å². The van der Waals surface area contributed by atoms with Crippen LogP contribution in [0.1, 0.15) is 22.8 Å². The molecule has 0 aliphatic rings. The third kappa shape index (κ3) is 3.76. The third-order valence-electron chi connectivity index (χ3n) is 2.83. The Kier molecular flexibility index (Phi) is 4.63. The smallest absolute Gasteiger partial charge is 0.336 e. The number of phenolic OH excluding ortho intramolecular Hbond substituents is 1. The number of aromatic hydroxyl groups is 1. The summed E-state index contributed by atoms with van der Waals surface area (Å²) in [6, 6.07) is 10.7. The molecule has 2 N–H and O–H groups in total. The molecule has 0 saturated carbocycles. The first-order valence-corrected chi connectivity index (χ1v) is 6.43. The van der Waals surface area contributed by atoms with Gasteiger partial charge in [-0.15, -0.1) is 0 Å². The van der Waals surface area contributed by atoms with Crippen molar-refractivity contribution in [3.8, 4) is 17.2 Å². The Labute approximate surface area is 126 Å². The van der Waals surface area contributed by atoms with Crippen LogP contribution in [0.3, 0.4) is 0 Å². The summed E-state index contributed by atoms with van der Waals surface area (Å²) in [5, 5.41) is 18.8. The lowest BCUT2D eigenvalue weighted by molar-refractivity contribution is -0.132. The Bertz CT molecular complexity index is 708. The zero-order valence-electron chi connectivity index (χ0n) is 11.8. The molecular weight excluding hydrogens is 288 g/mol. The van der Waals surface area contributed by atoms with Gasteiger partial charge in [-0.05, 0) is 18.2 Å². The van der Waals surface area contributed by atoms with Gasteiger partial charge in [-0.3, -0.25) is 4.79 Å². The Morgan fingerprint density at radius 3 is 2.50 bits per heavy atom. The summed E-state index contributed by atoms with van der Waals surface area (Å²) in [7, 11) is 0. The fraction of sp³-hybridized carbons (Fsp3) is 0.125. The van der Waals surface area contributed by atoms with E-state index < -0.39 is 11.9 Å². The number of carboxylic acids is 1. The minimum atomic E-state index is -1.03. The molecule has 0 spiro atoms. The summed E-state index contributed by atoms with van der Waals surface area (Å²) in [5.41, 5.74) is 0.668. The summed E-state index contributed by atoms with van der Waals surface area (Å²) >= 11 is 0. The molecule has 114 valence electrons. The van der Waals surface area contributed by atoms with E-state index in [0.29, 0.717) is 11.3 Å². The van der Waals surface area contributed by atoms with Crippen LogP contribution in [-0.2, 0) is 11.4 Å². The number of phenols is 1. The Morgan fingerprint density at radius 1 is 1.14 bits per heavy atom. The van der Waals surface area contributed by atoms with Gasteiger partial charge in [0.1, 0.15) is 12.4 Å². The average molecular weight is 302 g/mol. The van der Waals surface area contributed by atoms with Gasteiger partial charge in [-0.1, -0.05) is 18.2 Å². The van der Waals surface area contributed by atoms with E-state index in [4.69, 9.17) is 14.6 Å². The largest absolute Gasteiger partial charge is 0.504 e. The maximum atomic E-state index is 11.1. The van der Waals surface area contributed by atoms with E-state index in [2.05, 4.69) is 0 Å². The monoisotopic (exact) mass is 302 g/mol. The number of carbonyl (C=O) groups is 2. The van der Waals surface area contributed by atoms with Gasteiger partial charge in [-0.2, -0.15) is 0 Å². The SMILES string of the molecule is CC(=O)Oc1ccc(OCc2ccccc2C(=O)O)cc1O. The summed E-state index contributed by atoms with van der Waals surface area (Å²) in [6.07, 6.45) is 0. The van der Waals surface area contributed by atoms with Gasteiger partial charge in [0.05, 0.1) is 5.56 Å². The number of benzene rings is 2. The van der Waals surface area contributed by atoms with E-state index in [9.17, 15) is 14.7 Å². The van der Waals surface area contributed by atoms with Crippen LogP contribution in [0.2, 0.25) is 0 Å². The minimum Gasteiger partial charge on any atom is -0.504 e. The molecule has 0 fully saturated rings. The molecule has 22 heavy (non-hydrogen) atoms. The number of hydrogen-bond acceptors (Lipinski definition) is 5. The Balaban J connectivity index is 2.11. The number of carbonyl (C=O) groups excluding carboxylic acids is 1. The standard InChI is InChI=1S/C16H14O6/c1-10(17)22-15-7-6-12(8-14(15)18)21-9-11-4-2-3-5-13(11)16(19)20/h2-8,18H,9H2,1H3,(H,19,20). The van der Waals surface area contributed by atoms with Gasteiger partial charge in [0, 0.05) is 18.6 Å². The van der Waals surface area contributed by atoms with E-state index >= 15 is 0 Å². The van der Waals surface area contributed by atoms with Gasteiger partial charge >= 0.3 is 11.9 Å².